The molecule has 0 spiro atoms. The smallest absolute Gasteiger partial charge is 0.318 e. The van der Waals surface area contributed by atoms with E-state index in [1.807, 2.05) is 17.0 Å². The van der Waals surface area contributed by atoms with E-state index < -0.39 is 0 Å². The summed E-state index contributed by atoms with van der Waals surface area (Å²) in [6, 6.07) is 23.3. The maximum atomic E-state index is 13.2. The molecule has 0 bridgehead atoms. The summed E-state index contributed by atoms with van der Waals surface area (Å²) in [6.07, 6.45) is 4.42. The summed E-state index contributed by atoms with van der Waals surface area (Å²) in [5.74, 6) is 0.998. The summed E-state index contributed by atoms with van der Waals surface area (Å²) >= 11 is 0. The predicted molar refractivity (Wildman–Crippen MR) is 139 cm³/mol. The first-order valence-electron chi connectivity index (χ1n) is 12.5. The summed E-state index contributed by atoms with van der Waals surface area (Å²) in [5, 5.41) is 5.71. The molecule has 1 saturated heterocycles. The van der Waals surface area contributed by atoms with Gasteiger partial charge in [0.05, 0.1) is 13.3 Å². The summed E-state index contributed by atoms with van der Waals surface area (Å²) in [7, 11) is 3.83. The lowest BCUT2D eigenvalue weighted by molar-refractivity contribution is 0.0584. The van der Waals surface area contributed by atoms with Crippen LogP contribution in [0.4, 0.5) is 4.79 Å². The molecule has 1 N–H and O–H groups in total. The molecule has 180 valence electrons. The quantitative estimate of drug-likeness (QED) is 0.460. The minimum atomic E-state index is 0.0311. The zero-order valence-corrected chi connectivity index (χ0v) is 20.7. The van der Waals surface area contributed by atoms with Crippen molar-refractivity contribution in [2.24, 2.45) is 0 Å². The van der Waals surface area contributed by atoms with Crippen LogP contribution in [0.5, 0.6) is 5.75 Å². The number of nitrogens with one attached hydrogen (secondary N) is 1. The van der Waals surface area contributed by atoms with Crippen LogP contribution in [-0.2, 0) is 0 Å². The number of amides is 2. The molecule has 0 radical (unpaired) electrons. The molecule has 0 aliphatic carbocycles. The first-order chi connectivity index (χ1) is 16.6. The lowest BCUT2D eigenvalue weighted by Crippen LogP contribution is -2.54. The number of rotatable bonds is 8. The van der Waals surface area contributed by atoms with Gasteiger partial charge < -0.3 is 15.0 Å². The lowest BCUT2D eigenvalue weighted by Gasteiger charge is -2.40. The van der Waals surface area contributed by atoms with Gasteiger partial charge in [0.1, 0.15) is 5.75 Å². The van der Waals surface area contributed by atoms with E-state index in [1.165, 1.54) is 34.7 Å². The molecule has 0 saturated carbocycles. The standard InChI is InChI=1S/C29H37N3O2/c1-4-32(28-17-7-8-20-31(28)2)29(33)30-19-18-26(23-13-9-14-24(21-23)34-3)27-16-10-12-22-11-5-6-15-25(22)27/h5-6,9-16,21,26,28H,4,7-8,17-20H2,1-3H3,(H,30,33). The highest BCUT2D eigenvalue weighted by molar-refractivity contribution is 5.86. The van der Waals surface area contributed by atoms with Crippen molar-refractivity contribution in [2.45, 2.75) is 44.7 Å². The van der Waals surface area contributed by atoms with Gasteiger partial charge in [0.15, 0.2) is 0 Å². The van der Waals surface area contributed by atoms with Crippen LogP contribution >= 0.6 is 0 Å². The van der Waals surface area contributed by atoms with E-state index in [9.17, 15) is 4.79 Å². The predicted octanol–water partition coefficient (Wildman–Crippen LogP) is 5.84. The van der Waals surface area contributed by atoms with Gasteiger partial charge in [0.2, 0.25) is 0 Å². The van der Waals surface area contributed by atoms with Crippen LogP contribution in [0.1, 0.15) is 49.7 Å². The Morgan fingerprint density at radius 3 is 2.71 bits per heavy atom. The molecule has 5 heteroatoms. The Hall–Kier alpha value is -3.05. The van der Waals surface area contributed by atoms with Crippen LogP contribution in [0.2, 0.25) is 0 Å². The third-order valence-electron chi connectivity index (χ3n) is 7.10. The highest BCUT2D eigenvalue weighted by Gasteiger charge is 2.28. The molecular formula is C29H37N3O2. The number of fused-ring (bicyclic) bond motifs is 1. The van der Waals surface area contributed by atoms with Crippen LogP contribution in [0.3, 0.4) is 0 Å². The van der Waals surface area contributed by atoms with Gasteiger partial charge in [-0.05, 0) is 80.2 Å². The molecule has 0 aromatic heterocycles. The fourth-order valence-corrected chi connectivity index (χ4v) is 5.28. The second-order valence-electron chi connectivity index (χ2n) is 9.16. The van der Waals surface area contributed by atoms with Gasteiger partial charge in [-0.2, -0.15) is 0 Å². The molecule has 4 rings (SSSR count). The number of hydrogen-bond donors (Lipinski definition) is 1. The van der Waals surface area contributed by atoms with E-state index in [4.69, 9.17) is 4.74 Å². The number of carbonyl (C=O) groups excluding carboxylic acids is 1. The molecule has 1 aliphatic heterocycles. The molecule has 3 aromatic carbocycles. The Morgan fingerprint density at radius 2 is 1.91 bits per heavy atom. The first kappa shape index (κ1) is 24.1. The molecule has 1 aliphatic rings. The van der Waals surface area contributed by atoms with Gasteiger partial charge in [-0.15, -0.1) is 0 Å². The van der Waals surface area contributed by atoms with Crippen molar-refractivity contribution >= 4 is 16.8 Å². The van der Waals surface area contributed by atoms with Crippen molar-refractivity contribution in [3.8, 4) is 5.75 Å². The fourth-order valence-electron chi connectivity index (χ4n) is 5.28. The number of urea groups is 1. The fraction of sp³-hybridized carbons (Fsp3) is 0.414. The Labute approximate surface area is 203 Å². The summed E-state index contributed by atoms with van der Waals surface area (Å²) in [4.78, 5) is 17.4. The van der Waals surface area contributed by atoms with Crippen LogP contribution < -0.4 is 10.1 Å². The zero-order valence-electron chi connectivity index (χ0n) is 20.7. The maximum Gasteiger partial charge on any atom is 0.318 e. The average Bonchev–Trinajstić information content (AvgIpc) is 2.88. The molecule has 5 nitrogen and oxygen atoms in total. The van der Waals surface area contributed by atoms with E-state index in [1.54, 1.807) is 7.11 Å². The molecule has 2 atom stereocenters. The average molecular weight is 460 g/mol. The Bertz CT molecular complexity index is 1090. The summed E-state index contributed by atoms with van der Waals surface area (Å²) < 4.78 is 5.51. The van der Waals surface area contributed by atoms with Crippen LogP contribution in [0.25, 0.3) is 10.8 Å². The monoisotopic (exact) mass is 459 g/mol. The lowest BCUT2D eigenvalue weighted by atomic mass is 9.85. The molecule has 1 fully saturated rings. The number of methoxy groups -OCH3 is 1. The zero-order chi connectivity index (χ0) is 23.9. The molecule has 34 heavy (non-hydrogen) atoms. The minimum Gasteiger partial charge on any atom is -0.497 e. The molecule has 1 heterocycles. The topological polar surface area (TPSA) is 44.8 Å². The third-order valence-corrected chi connectivity index (χ3v) is 7.10. The van der Waals surface area contributed by atoms with E-state index >= 15 is 0 Å². The van der Waals surface area contributed by atoms with E-state index in [2.05, 4.69) is 78.8 Å². The summed E-state index contributed by atoms with van der Waals surface area (Å²) in [5.41, 5.74) is 2.48. The van der Waals surface area contributed by atoms with Gasteiger partial charge in [-0.1, -0.05) is 54.6 Å². The number of carbonyl (C=O) groups is 1. The molecular weight excluding hydrogens is 422 g/mol. The molecule has 2 unspecified atom stereocenters. The van der Waals surface area contributed by atoms with Crippen molar-refractivity contribution in [1.82, 2.24) is 15.1 Å². The van der Waals surface area contributed by atoms with Crippen molar-refractivity contribution in [2.75, 3.05) is 33.8 Å². The third kappa shape index (κ3) is 5.36. The number of piperidine rings is 1. The van der Waals surface area contributed by atoms with E-state index in [-0.39, 0.29) is 18.1 Å². The molecule has 3 aromatic rings. The SMILES string of the molecule is CCN(C(=O)NCCC(c1cccc(OC)c1)c1cccc2ccccc12)C1CCCCN1C. The van der Waals surface area contributed by atoms with Crippen LogP contribution in [0, 0.1) is 0 Å². The van der Waals surface area contributed by atoms with Crippen LogP contribution in [-0.4, -0.2) is 55.8 Å². The number of likely N-dealkylation sites (tertiary alicyclic amines) is 1. The molecule has 2 amide bonds. The number of nitrogens with zero attached hydrogens (tertiary/aromatic N) is 2. The first-order valence-corrected chi connectivity index (χ1v) is 12.5. The van der Waals surface area contributed by atoms with Crippen molar-refractivity contribution in [3.05, 3.63) is 77.9 Å². The Morgan fingerprint density at radius 1 is 1.12 bits per heavy atom. The van der Waals surface area contributed by atoms with Gasteiger partial charge in [-0.25, -0.2) is 4.79 Å². The van der Waals surface area contributed by atoms with E-state index in [0.717, 1.165) is 25.1 Å². The van der Waals surface area contributed by atoms with Gasteiger partial charge in [0.25, 0.3) is 0 Å². The highest BCUT2D eigenvalue weighted by Crippen LogP contribution is 2.34. The van der Waals surface area contributed by atoms with Gasteiger partial charge in [-0.3, -0.25) is 4.90 Å². The maximum absolute atomic E-state index is 13.2. The van der Waals surface area contributed by atoms with Crippen LogP contribution in [0.15, 0.2) is 66.7 Å². The Balaban J connectivity index is 1.55. The van der Waals surface area contributed by atoms with Crippen molar-refractivity contribution < 1.29 is 9.53 Å². The Kier molecular flexibility index (Phi) is 8.07. The number of hydrogen-bond acceptors (Lipinski definition) is 3. The van der Waals surface area contributed by atoms with E-state index in [0.29, 0.717) is 13.1 Å². The second kappa shape index (κ2) is 11.4. The van der Waals surface area contributed by atoms with Gasteiger partial charge in [0, 0.05) is 19.0 Å². The van der Waals surface area contributed by atoms with Gasteiger partial charge >= 0.3 is 6.03 Å². The number of ether oxygens (including phenoxy) is 1. The highest BCUT2D eigenvalue weighted by atomic mass is 16.5. The largest absolute Gasteiger partial charge is 0.497 e. The minimum absolute atomic E-state index is 0.0311. The summed E-state index contributed by atoms with van der Waals surface area (Å²) in [6.45, 7) is 4.44. The number of benzene rings is 3. The second-order valence-corrected chi connectivity index (χ2v) is 9.16. The van der Waals surface area contributed by atoms with Crippen molar-refractivity contribution in [1.29, 1.82) is 0 Å². The normalized spacial score (nSPS) is 17.3. The van der Waals surface area contributed by atoms with Crippen molar-refractivity contribution in [3.63, 3.8) is 0 Å².